The van der Waals surface area contributed by atoms with Crippen LogP contribution >= 0.6 is 11.3 Å². The number of hydrogen-bond acceptors (Lipinski definition) is 5. The lowest BCUT2D eigenvalue weighted by molar-refractivity contribution is 0.0168. The summed E-state index contributed by atoms with van der Waals surface area (Å²) in [5, 5.41) is 10.0. The number of aryl methyl sites for hydroxylation is 2. The Kier molecular flexibility index (Phi) is 9.84. The summed E-state index contributed by atoms with van der Waals surface area (Å²) in [7, 11) is 1.81. The molecule has 1 aliphatic rings. The highest BCUT2D eigenvalue weighted by Gasteiger charge is 2.14. The molecule has 2 heterocycles. The van der Waals surface area contributed by atoms with Gasteiger partial charge in [0.05, 0.1) is 17.7 Å². The number of nitrogens with zero attached hydrogens (tertiary/aromatic N) is 2. The molecule has 25 heavy (non-hydrogen) atoms. The lowest BCUT2D eigenvalue weighted by Crippen LogP contribution is -2.38. The summed E-state index contributed by atoms with van der Waals surface area (Å²) in [5.41, 5.74) is 1.13. The van der Waals surface area contributed by atoms with Crippen molar-refractivity contribution in [2.45, 2.75) is 51.6 Å². The normalized spacial score (nSPS) is 17.8. The van der Waals surface area contributed by atoms with Gasteiger partial charge < -0.3 is 20.1 Å². The Balaban J connectivity index is 1.42. The fourth-order valence-electron chi connectivity index (χ4n) is 2.72. The van der Waals surface area contributed by atoms with Crippen molar-refractivity contribution in [3.63, 3.8) is 0 Å². The van der Waals surface area contributed by atoms with E-state index in [1.807, 2.05) is 14.0 Å². The number of guanidine groups is 1. The quantitative estimate of drug-likeness (QED) is 0.357. The molecule has 0 radical (unpaired) electrons. The van der Waals surface area contributed by atoms with Gasteiger partial charge in [0.15, 0.2) is 5.96 Å². The molecule has 142 valence electrons. The Labute approximate surface area is 155 Å². The second kappa shape index (κ2) is 12.2. The molecular formula is C18H32N4O2S. The van der Waals surface area contributed by atoms with Crippen molar-refractivity contribution in [2.75, 3.05) is 40.0 Å². The summed E-state index contributed by atoms with van der Waals surface area (Å²) in [4.78, 5) is 8.74. The van der Waals surface area contributed by atoms with E-state index in [1.54, 1.807) is 11.3 Å². The van der Waals surface area contributed by atoms with Crippen LogP contribution in [0.25, 0.3) is 0 Å². The minimum absolute atomic E-state index is 0.315. The van der Waals surface area contributed by atoms with Crippen LogP contribution in [-0.4, -0.2) is 57.0 Å². The largest absolute Gasteiger partial charge is 0.379 e. The summed E-state index contributed by atoms with van der Waals surface area (Å²) in [6, 6.07) is 0. The lowest BCUT2D eigenvalue weighted by atomic mass is 10.2. The molecular weight excluding hydrogens is 336 g/mol. The fourth-order valence-corrected chi connectivity index (χ4v) is 3.54. The Hall–Kier alpha value is -1.18. The van der Waals surface area contributed by atoms with Crippen LogP contribution < -0.4 is 10.6 Å². The lowest BCUT2D eigenvalue weighted by Gasteiger charge is -2.13. The van der Waals surface area contributed by atoms with Gasteiger partial charge in [-0.25, -0.2) is 4.98 Å². The Morgan fingerprint density at radius 3 is 2.88 bits per heavy atom. The van der Waals surface area contributed by atoms with Crippen LogP contribution in [0.15, 0.2) is 10.4 Å². The van der Waals surface area contributed by atoms with E-state index < -0.39 is 0 Å². The highest BCUT2D eigenvalue weighted by atomic mass is 32.1. The van der Waals surface area contributed by atoms with E-state index in [9.17, 15) is 0 Å². The van der Waals surface area contributed by atoms with Crippen LogP contribution in [0.1, 0.15) is 42.8 Å². The predicted octanol–water partition coefficient (Wildman–Crippen LogP) is 2.52. The van der Waals surface area contributed by atoms with Crippen molar-refractivity contribution in [2.24, 2.45) is 4.99 Å². The molecule has 2 rings (SSSR count). The number of aromatic nitrogens is 1. The van der Waals surface area contributed by atoms with Crippen LogP contribution in [0.2, 0.25) is 0 Å². The molecule has 1 aromatic rings. The summed E-state index contributed by atoms with van der Waals surface area (Å²) in [6.45, 7) is 6.22. The third-order valence-electron chi connectivity index (χ3n) is 4.09. The molecule has 0 saturated carbocycles. The van der Waals surface area contributed by atoms with Gasteiger partial charge in [0, 0.05) is 44.4 Å². The second-order valence-electron chi connectivity index (χ2n) is 6.33. The summed E-state index contributed by atoms with van der Waals surface area (Å²) >= 11 is 1.76. The van der Waals surface area contributed by atoms with E-state index in [1.165, 1.54) is 11.4 Å². The van der Waals surface area contributed by atoms with Gasteiger partial charge in [-0.05, 0) is 45.4 Å². The number of thiazole rings is 1. The number of unbranched alkanes of at least 4 members (excludes halogenated alkanes) is 1. The van der Waals surface area contributed by atoms with Gasteiger partial charge in [-0.15, -0.1) is 11.3 Å². The fraction of sp³-hybridized carbons (Fsp3) is 0.778. The molecule has 1 fully saturated rings. The third kappa shape index (κ3) is 8.65. The van der Waals surface area contributed by atoms with E-state index in [4.69, 9.17) is 9.47 Å². The standard InChI is InChI=1S/C18H32N4O2S/c1-15-14-25-17(22-15)8-3-4-9-20-18(19-2)21-10-6-11-23-13-16-7-5-12-24-16/h14,16H,3-13H2,1-2H3,(H2,19,20,21). The maximum Gasteiger partial charge on any atom is 0.190 e. The highest BCUT2D eigenvalue weighted by Crippen LogP contribution is 2.12. The number of rotatable bonds is 11. The monoisotopic (exact) mass is 368 g/mol. The first-order chi connectivity index (χ1) is 12.3. The summed E-state index contributed by atoms with van der Waals surface area (Å²) in [5.74, 6) is 0.865. The number of ether oxygens (including phenoxy) is 2. The van der Waals surface area contributed by atoms with Gasteiger partial charge in [-0.3, -0.25) is 4.99 Å². The van der Waals surface area contributed by atoms with E-state index in [2.05, 4.69) is 26.0 Å². The SMILES string of the molecule is CN=C(NCCCCc1nc(C)cs1)NCCCOCC1CCCO1. The summed E-state index contributed by atoms with van der Waals surface area (Å²) in [6.07, 6.45) is 6.91. The van der Waals surface area contributed by atoms with Gasteiger partial charge in [0.2, 0.25) is 0 Å². The third-order valence-corrected chi connectivity index (χ3v) is 5.11. The van der Waals surface area contributed by atoms with Crippen molar-refractivity contribution in [3.05, 3.63) is 16.1 Å². The number of aliphatic imine (C=N–C) groups is 1. The number of nitrogens with one attached hydrogen (secondary N) is 2. The minimum Gasteiger partial charge on any atom is -0.379 e. The van der Waals surface area contributed by atoms with Crippen molar-refractivity contribution < 1.29 is 9.47 Å². The molecule has 2 N–H and O–H groups in total. The maximum absolute atomic E-state index is 5.66. The van der Waals surface area contributed by atoms with Crippen LogP contribution in [-0.2, 0) is 15.9 Å². The first kappa shape index (κ1) is 20.1. The molecule has 6 nitrogen and oxygen atoms in total. The smallest absolute Gasteiger partial charge is 0.190 e. The van der Waals surface area contributed by atoms with Crippen molar-refractivity contribution in [1.29, 1.82) is 0 Å². The molecule has 0 aliphatic carbocycles. The van der Waals surface area contributed by atoms with E-state index in [-0.39, 0.29) is 0 Å². The predicted molar refractivity (Wildman–Crippen MR) is 104 cm³/mol. The average Bonchev–Trinajstić information content (AvgIpc) is 3.27. The minimum atomic E-state index is 0.315. The first-order valence-corrected chi connectivity index (χ1v) is 10.2. The van der Waals surface area contributed by atoms with Crippen molar-refractivity contribution >= 4 is 17.3 Å². The van der Waals surface area contributed by atoms with Gasteiger partial charge in [-0.1, -0.05) is 0 Å². The molecule has 1 unspecified atom stereocenters. The van der Waals surface area contributed by atoms with Crippen LogP contribution in [0.4, 0.5) is 0 Å². The molecule has 7 heteroatoms. The molecule has 0 bridgehead atoms. The van der Waals surface area contributed by atoms with E-state index in [0.717, 1.165) is 76.7 Å². The average molecular weight is 369 g/mol. The van der Waals surface area contributed by atoms with Gasteiger partial charge >= 0.3 is 0 Å². The molecule has 1 aliphatic heterocycles. The summed E-state index contributed by atoms with van der Waals surface area (Å²) < 4.78 is 11.2. The molecule has 0 amide bonds. The van der Waals surface area contributed by atoms with Gasteiger partial charge in [0.25, 0.3) is 0 Å². The Morgan fingerprint density at radius 1 is 1.36 bits per heavy atom. The molecule has 0 spiro atoms. The van der Waals surface area contributed by atoms with Crippen molar-refractivity contribution in [3.8, 4) is 0 Å². The van der Waals surface area contributed by atoms with Gasteiger partial charge in [0.1, 0.15) is 0 Å². The zero-order valence-corrected chi connectivity index (χ0v) is 16.4. The van der Waals surface area contributed by atoms with E-state index in [0.29, 0.717) is 6.10 Å². The molecule has 1 saturated heterocycles. The van der Waals surface area contributed by atoms with Crippen LogP contribution in [0, 0.1) is 6.92 Å². The molecule has 0 aromatic carbocycles. The Morgan fingerprint density at radius 2 is 2.20 bits per heavy atom. The first-order valence-electron chi connectivity index (χ1n) is 9.33. The zero-order valence-electron chi connectivity index (χ0n) is 15.6. The highest BCUT2D eigenvalue weighted by molar-refractivity contribution is 7.09. The zero-order chi connectivity index (χ0) is 17.7. The molecule has 1 atom stereocenters. The van der Waals surface area contributed by atoms with Gasteiger partial charge in [-0.2, -0.15) is 0 Å². The van der Waals surface area contributed by atoms with E-state index >= 15 is 0 Å². The Bertz CT molecular complexity index is 501. The maximum atomic E-state index is 5.66. The topological polar surface area (TPSA) is 67.8 Å². The molecule has 1 aromatic heterocycles. The van der Waals surface area contributed by atoms with Crippen molar-refractivity contribution in [1.82, 2.24) is 15.6 Å². The van der Waals surface area contributed by atoms with Crippen LogP contribution in [0.3, 0.4) is 0 Å². The van der Waals surface area contributed by atoms with Crippen LogP contribution in [0.5, 0.6) is 0 Å². The second-order valence-corrected chi connectivity index (χ2v) is 7.27. The number of hydrogen-bond donors (Lipinski definition) is 2.